The van der Waals surface area contributed by atoms with Crippen LogP contribution in [0.3, 0.4) is 0 Å². The minimum Gasteiger partial charge on any atom is -0.370 e. The van der Waals surface area contributed by atoms with Gasteiger partial charge in [0.15, 0.2) is 0 Å². The fourth-order valence-electron chi connectivity index (χ4n) is 4.15. The Morgan fingerprint density at radius 3 is 2.50 bits per heavy atom. The summed E-state index contributed by atoms with van der Waals surface area (Å²) in [6.45, 7) is 7.30. The van der Waals surface area contributed by atoms with Crippen molar-refractivity contribution < 1.29 is 9.13 Å². The molecule has 0 bridgehead atoms. The molecule has 26 heavy (non-hydrogen) atoms. The third kappa shape index (κ3) is 3.92. The van der Waals surface area contributed by atoms with Gasteiger partial charge in [-0.25, -0.2) is 4.39 Å². The zero-order valence-electron chi connectivity index (χ0n) is 15.4. The average molecular weight is 354 g/mol. The number of hydrogen-bond donors (Lipinski definition) is 0. The van der Waals surface area contributed by atoms with E-state index in [1.165, 1.54) is 11.1 Å². The van der Waals surface area contributed by atoms with Gasteiger partial charge in [-0.2, -0.15) is 0 Å². The summed E-state index contributed by atoms with van der Waals surface area (Å²) in [5.74, 6) is -0.172. The smallest absolute Gasteiger partial charge is 0.123 e. The Labute approximate surface area is 155 Å². The highest BCUT2D eigenvalue weighted by atomic mass is 19.1. The fraction of sp³-hybridized carbons (Fsp3) is 0.455. The second-order valence-corrected chi connectivity index (χ2v) is 7.43. The van der Waals surface area contributed by atoms with E-state index in [0.29, 0.717) is 6.10 Å². The summed E-state index contributed by atoms with van der Waals surface area (Å²) in [5, 5.41) is 0. The van der Waals surface area contributed by atoms with Gasteiger partial charge in [-0.3, -0.25) is 4.90 Å². The summed E-state index contributed by atoms with van der Waals surface area (Å²) in [4.78, 5) is 4.86. The third-order valence-electron chi connectivity index (χ3n) is 5.58. The summed E-state index contributed by atoms with van der Waals surface area (Å²) in [6.07, 6.45) is 2.57. The number of piperazine rings is 1. The van der Waals surface area contributed by atoms with E-state index in [1.807, 2.05) is 12.1 Å². The van der Waals surface area contributed by atoms with Crippen molar-refractivity contribution in [2.75, 3.05) is 37.6 Å². The first-order chi connectivity index (χ1) is 12.7. The van der Waals surface area contributed by atoms with Gasteiger partial charge in [-0.05, 0) is 55.2 Å². The SMILES string of the molecule is C[C@@H]1Cc2ccccc2[C@H](CCN2CCN(c3ccc(F)cc3)CC2)O1. The van der Waals surface area contributed by atoms with Crippen molar-refractivity contribution in [2.45, 2.75) is 32.0 Å². The monoisotopic (exact) mass is 354 g/mol. The highest BCUT2D eigenvalue weighted by Gasteiger charge is 2.26. The van der Waals surface area contributed by atoms with Crippen molar-refractivity contribution in [3.63, 3.8) is 0 Å². The number of halogens is 1. The van der Waals surface area contributed by atoms with E-state index in [9.17, 15) is 4.39 Å². The molecule has 0 aromatic heterocycles. The van der Waals surface area contributed by atoms with Gasteiger partial charge in [-0.15, -0.1) is 0 Å². The van der Waals surface area contributed by atoms with E-state index in [0.717, 1.165) is 51.3 Å². The van der Waals surface area contributed by atoms with Gasteiger partial charge >= 0.3 is 0 Å². The first-order valence-electron chi connectivity index (χ1n) is 9.65. The van der Waals surface area contributed by atoms with E-state index in [4.69, 9.17) is 4.74 Å². The molecule has 4 heteroatoms. The molecule has 0 spiro atoms. The quantitative estimate of drug-likeness (QED) is 0.824. The molecular formula is C22H27FN2O. The zero-order valence-corrected chi connectivity index (χ0v) is 15.4. The van der Waals surface area contributed by atoms with E-state index in [2.05, 4.69) is 41.0 Å². The van der Waals surface area contributed by atoms with Crippen molar-refractivity contribution >= 4 is 5.69 Å². The number of anilines is 1. The van der Waals surface area contributed by atoms with Crippen LogP contribution in [0.1, 0.15) is 30.6 Å². The molecule has 0 unspecified atom stereocenters. The normalized spacial score (nSPS) is 23.7. The molecule has 1 saturated heterocycles. The van der Waals surface area contributed by atoms with E-state index >= 15 is 0 Å². The fourth-order valence-corrected chi connectivity index (χ4v) is 4.15. The molecule has 0 saturated carbocycles. The van der Waals surface area contributed by atoms with Crippen molar-refractivity contribution in [1.82, 2.24) is 4.90 Å². The maximum atomic E-state index is 13.1. The largest absolute Gasteiger partial charge is 0.370 e. The topological polar surface area (TPSA) is 15.7 Å². The second kappa shape index (κ2) is 7.77. The number of hydrogen-bond acceptors (Lipinski definition) is 3. The maximum absolute atomic E-state index is 13.1. The molecule has 1 fully saturated rings. The number of benzene rings is 2. The number of fused-ring (bicyclic) bond motifs is 1. The lowest BCUT2D eigenvalue weighted by molar-refractivity contribution is -0.0242. The predicted octanol–water partition coefficient (Wildman–Crippen LogP) is 4.04. The lowest BCUT2D eigenvalue weighted by atomic mass is 9.93. The van der Waals surface area contributed by atoms with Gasteiger partial charge in [-0.1, -0.05) is 24.3 Å². The molecule has 2 atom stereocenters. The van der Waals surface area contributed by atoms with Gasteiger partial charge in [0, 0.05) is 38.4 Å². The molecule has 2 aliphatic rings. The first-order valence-corrected chi connectivity index (χ1v) is 9.65. The Hall–Kier alpha value is -1.91. The van der Waals surface area contributed by atoms with Crippen molar-refractivity contribution in [3.05, 3.63) is 65.5 Å². The lowest BCUT2D eigenvalue weighted by Crippen LogP contribution is -2.47. The molecule has 2 heterocycles. The second-order valence-electron chi connectivity index (χ2n) is 7.43. The Kier molecular flexibility index (Phi) is 5.23. The minimum absolute atomic E-state index is 0.172. The Morgan fingerprint density at radius 2 is 1.73 bits per heavy atom. The summed E-state index contributed by atoms with van der Waals surface area (Å²) in [5.41, 5.74) is 3.93. The van der Waals surface area contributed by atoms with Crippen molar-refractivity contribution in [2.24, 2.45) is 0 Å². The Balaban J connectivity index is 1.31. The molecule has 2 aliphatic heterocycles. The molecule has 4 rings (SSSR count). The van der Waals surface area contributed by atoms with Crippen LogP contribution in [0.15, 0.2) is 48.5 Å². The van der Waals surface area contributed by atoms with Crippen LogP contribution in [0, 0.1) is 5.82 Å². The van der Waals surface area contributed by atoms with Gasteiger partial charge in [0.1, 0.15) is 5.82 Å². The molecule has 138 valence electrons. The van der Waals surface area contributed by atoms with E-state index in [1.54, 1.807) is 12.1 Å². The molecular weight excluding hydrogens is 327 g/mol. The van der Waals surface area contributed by atoms with Crippen LogP contribution in [-0.2, 0) is 11.2 Å². The molecule has 3 nitrogen and oxygen atoms in total. The molecule has 0 radical (unpaired) electrons. The van der Waals surface area contributed by atoms with Gasteiger partial charge in [0.05, 0.1) is 12.2 Å². The predicted molar refractivity (Wildman–Crippen MR) is 103 cm³/mol. The molecule has 0 amide bonds. The van der Waals surface area contributed by atoms with E-state index < -0.39 is 0 Å². The van der Waals surface area contributed by atoms with E-state index in [-0.39, 0.29) is 11.9 Å². The zero-order chi connectivity index (χ0) is 17.9. The molecule has 2 aromatic carbocycles. The highest BCUT2D eigenvalue weighted by molar-refractivity contribution is 5.46. The summed E-state index contributed by atoms with van der Waals surface area (Å²) >= 11 is 0. The van der Waals surface area contributed by atoms with Crippen LogP contribution in [0.4, 0.5) is 10.1 Å². The standard InChI is InChI=1S/C22H27FN2O/c1-17-16-18-4-2-3-5-21(18)22(26-17)10-11-24-12-14-25(15-13-24)20-8-6-19(23)7-9-20/h2-9,17,22H,10-16H2,1H3/t17-,22+/m1/s1. The number of nitrogens with zero attached hydrogens (tertiary/aromatic N) is 2. The third-order valence-corrected chi connectivity index (χ3v) is 5.58. The summed E-state index contributed by atoms with van der Waals surface area (Å²) in [6, 6.07) is 15.5. The van der Waals surface area contributed by atoms with Gasteiger partial charge in [0.25, 0.3) is 0 Å². The minimum atomic E-state index is -0.172. The van der Waals surface area contributed by atoms with Gasteiger partial charge in [0.2, 0.25) is 0 Å². The Bertz CT molecular complexity index is 725. The highest BCUT2D eigenvalue weighted by Crippen LogP contribution is 2.32. The van der Waals surface area contributed by atoms with Crippen LogP contribution in [0.2, 0.25) is 0 Å². The van der Waals surface area contributed by atoms with Crippen molar-refractivity contribution in [1.29, 1.82) is 0 Å². The van der Waals surface area contributed by atoms with Crippen LogP contribution >= 0.6 is 0 Å². The van der Waals surface area contributed by atoms with Crippen LogP contribution in [0.5, 0.6) is 0 Å². The summed E-state index contributed by atoms with van der Waals surface area (Å²) in [7, 11) is 0. The molecule has 2 aromatic rings. The number of ether oxygens (including phenoxy) is 1. The van der Waals surface area contributed by atoms with Crippen LogP contribution in [-0.4, -0.2) is 43.7 Å². The number of rotatable bonds is 4. The average Bonchev–Trinajstić information content (AvgIpc) is 2.67. The van der Waals surface area contributed by atoms with Gasteiger partial charge < -0.3 is 9.64 Å². The Morgan fingerprint density at radius 1 is 1.00 bits per heavy atom. The maximum Gasteiger partial charge on any atom is 0.123 e. The molecule has 0 N–H and O–H groups in total. The lowest BCUT2D eigenvalue weighted by Gasteiger charge is -2.37. The van der Waals surface area contributed by atoms with Crippen LogP contribution in [0.25, 0.3) is 0 Å². The molecule has 0 aliphatic carbocycles. The summed E-state index contributed by atoms with van der Waals surface area (Å²) < 4.78 is 19.3. The van der Waals surface area contributed by atoms with Crippen LogP contribution < -0.4 is 4.90 Å². The van der Waals surface area contributed by atoms with Crippen molar-refractivity contribution in [3.8, 4) is 0 Å². The first kappa shape index (κ1) is 17.5.